The van der Waals surface area contributed by atoms with Crippen LogP contribution in [0.25, 0.3) is 11.0 Å². The van der Waals surface area contributed by atoms with Crippen molar-refractivity contribution in [2.45, 2.75) is 43.2 Å². The first kappa shape index (κ1) is 25.8. The lowest BCUT2D eigenvalue weighted by atomic mass is 10.0. The number of aromatic nitrogens is 2. The first-order chi connectivity index (χ1) is 17.1. The molecular weight excluding hydrogens is 478 g/mol. The van der Waals surface area contributed by atoms with E-state index in [4.69, 9.17) is 10.5 Å². The zero-order valence-electron chi connectivity index (χ0n) is 20.2. The van der Waals surface area contributed by atoms with Crippen molar-refractivity contribution in [1.29, 1.82) is 0 Å². The summed E-state index contributed by atoms with van der Waals surface area (Å²) in [5.41, 5.74) is 7.88. The third-order valence-electron chi connectivity index (χ3n) is 5.60. The van der Waals surface area contributed by atoms with Gasteiger partial charge in [0.15, 0.2) is 0 Å². The highest BCUT2D eigenvalue weighted by Crippen LogP contribution is 2.23. The SMILES string of the molecule is CC(C)(N)[C@H](O)N[C@H](COCc1ccccc1)c1nc2ccc(NS(=O)(=O)c3ccccc3)cc2[nH]1. The van der Waals surface area contributed by atoms with E-state index in [1.54, 1.807) is 50.2 Å². The second-order valence-electron chi connectivity index (χ2n) is 9.22. The Morgan fingerprint density at radius 2 is 1.72 bits per heavy atom. The lowest BCUT2D eigenvalue weighted by Crippen LogP contribution is -2.54. The third kappa shape index (κ3) is 6.48. The van der Waals surface area contributed by atoms with Crippen LogP contribution in [0.2, 0.25) is 0 Å². The zero-order chi connectivity index (χ0) is 25.8. The summed E-state index contributed by atoms with van der Waals surface area (Å²) in [6.45, 7) is 4.05. The van der Waals surface area contributed by atoms with Gasteiger partial charge in [0, 0.05) is 5.54 Å². The van der Waals surface area contributed by atoms with Crippen molar-refractivity contribution < 1.29 is 18.3 Å². The summed E-state index contributed by atoms with van der Waals surface area (Å²) in [5.74, 6) is 0.532. The van der Waals surface area contributed by atoms with Gasteiger partial charge in [-0.2, -0.15) is 0 Å². The molecule has 0 radical (unpaired) electrons. The fourth-order valence-corrected chi connectivity index (χ4v) is 4.62. The molecule has 9 nitrogen and oxygen atoms in total. The summed E-state index contributed by atoms with van der Waals surface area (Å²) in [6.07, 6.45) is -1.02. The van der Waals surface area contributed by atoms with Crippen molar-refractivity contribution >= 4 is 26.7 Å². The first-order valence-corrected chi connectivity index (χ1v) is 13.0. The third-order valence-corrected chi connectivity index (χ3v) is 6.99. The number of H-pyrrole nitrogens is 1. The first-order valence-electron chi connectivity index (χ1n) is 11.5. The largest absolute Gasteiger partial charge is 0.377 e. The van der Waals surface area contributed by atoms with Gasteiger partial charge in [-0.15, -0.1) is 0 Å². The Balaban J connectivity index is 1.55. The summed E-state index contributed by atoms with van der Waals surface area (Å²) < 4.78 is 33.9. The van der Waals surface area contributed by atoms with Crippen LogP contribution in [0.3, 0.4) is 0 Å². The van der Waals surface area contributed by atoms with E-state index in [2.05, 4.69) is 20.0 Å². The average Bonchev–Trinajstić information content (AvgIpc) is 3.27. The Morgan fingerprint density at radius 3 is 2.39 bits per heavy atom. The van der Waals surface area contributed by atoms with E-state index in [-0.39, 0.29) is 11.5 Å². The fourth-order valence-electron chi connectivity index (χ4n) is 3.55. The van der Waals surface area contributed by atoms with Gasteiger partial charge in [0.05, 0.1) is 40.9 Å². The molecule has 0 bridgehead atoms. The number of hydrogen-bond donors (Lipinski definition) is 5. The molecule has 4 aromatic rings. The summed E-state index contributed by atoms with van der Waals surface area (Å²) in [4.78, 5) is 8.04. The standard InChI is InChI=1S/C26H31N5O4S/c1-26(2,27)25(32)30-23(17-35-16-18-9-5-3-6-10-18)24-28-21-14-13-19(15-22(21)29-24)31-36(33,34)20-11-7-4-8-12-20/h3-15,23,25,30-32H,16-17,27H2,1-2H3,(H,28,29)/t23-,25+/m1/s1. The highest BCUT2D eigenvalue weighted by Gasteiger charge is 2.27. The van der Waals surface area contributed by atoms with E-state index in [1.165, 1.54) is 12.1 Å². The molecule has 0 unspecified atom stereocenters. The Kier molecular flexibility index (Phi) is 7.72. The number of benzene rings is 3. The van der Waals surface area contributed by atoms with Gasteiger partial charge in [-0.3, -0.25) is 10.0 Å². The van der Waals surface area contributed by atoms with Crippen molar-refractivity contribution in [3.8, 4) is 0 Å². The van der Waals surface area contributed by atoms with Gasteiger partial charge in [-0.05, 0) is 49.7 Å². The number of hydrogen-bond acceptors (Lipinski definition) is 7. The molecular formula is C26H31N5O4S. The van der Waals surface area contributed by atoms with Crippen LogP contribution in [0.5, 0.6) is 0 Å². The van der Waals surface area contributed by atoms with Gasteiger partial charge in [0.2, 0.25) is 0 Å². The van der Waals surface area contributed by atoms with Crippen LogP contribution in [0, 0.1) is 0 Å². The number of aliphatic hydroxyl groups excluding tert-OH is 1. The molecule has 36 heavy (non-hydrogen) atoms. The molecule has 0 aliphatic rings. The maximum Gasteiger partial charge on any atom is 0.261 e. The van der Waals surface area contributed by atoms with Crippen molar-refractivity contribution in [3.63, 3.8) is 0 Å². The maximum absolute atomic E-state index is 12.7. The highest BCUT2D eigenvalue weighted by atomic mass is 32.2. The summed E-state index contributed by atoms with van der Waals surface area (Å²) in [5, 5.41) is 13.7. The number of fused-ring (bicyclic) bond motifs is 1. The van der Waals surface area contributed by atoms with Crippen LogP contribution in [0.15, 0.2) is 83.8 Å². The molecule has 0 amide bonds. The molecule has 190 valence electrons. The van der Waals surface area contributed by atoms with Crippen molar-refractivity contribution in [2.75, 3.05) is 11.3 Å². The lowest BCUT2D eigenvalue weighted by Gasteiger charge is -2.30. The lowest BCUT2D eigenvalue weighted by molar-refractivity contribution is 0.0293. The average molecular weight is 510 g/mol. The molecule has 0 fully saturated rings. The number of aliphatic hydroxyl groups is 1. The van der Waals surface area contributed by atoms with Crippen molar-refractivity contribution in [1.82, 2.24) is 15.3 Å². The van der Waals surface area contributed by atoms with E-state index in [1.807, 2.05) is 30.3 Å². The number of rotatable bonds is 11. The Labute approximate surface area is 210 Å². The molecule has 4 rings (SSSR count). The van der Waals surface area contributed by atoms with Crippen LogP contribution in [0.4, 0.5) is 5.69 Å². The summed E-state index contributed by atoms with van der Waals surface area (Å²) in [6, 6.07) is 22.5. The zero-order valence-corrected chi connectivity index (χ0v) is 21.0. The van der Waals surface area contributed by atoms with Gasteiger partial charge in [0.1, 0.15) is 12.1 Å². The number of anilines is 1. The van der Waals surface area contributed by atoms with Crippen LogP contribution >= 0.6 is 0 Å². The Bertz CT molecular complexity index is 1390. The van der Waals surface area contributed by atoms with E-state index in [0.717, 1.165) is 5.56 Å². The number of nitrogens with two attached hydrogens (primary N) is 1. The predicted octanol–water partition coefficient (Wildman–Crippen LogP) is 3.27. The molecule has 0 saturated heterocycles. The summed E-state index contributed by atoms with van der Waals surface area (Å²) in [7, 11) is -3.73. The van der Waals surface area contributed by atoms with Gasteiger partial charge >= 0.3 is 0 Å². The monoisotopic (exact) mass is 509 g/mol. The van der Waals surface area contributed by atoms with E-state index >= 15 is 0 Å². The van der Waals surface area contributed by atoms with Gasteiger partial charge in [-0.25, -0.2) is 13.4 Å². The summed E-state index contributed by atoms with van der Waals surface area (Å²) >= 11 is 0. The minimum Gasteiger partial charge on any atom is -0.377 e. The van der Waals surface area contributed by atoms with Crippen molar-refractivity contribution in [3.05, 3.63) is 90.3 Å². The molecule has 1 heterocycles. The quantitative estimate of drug-likeness (QED) is 0.195. The number of nitrogens with zero attached hydrogens (tertiary/aromatic N) is 1. The molecule has 3 aromatic carbocycles. The normalized spacial score (nSPS) is 14.0. The molecule has 6 N–H and O–H groups in total. The molecule has 10 heteroatoms. The minimum atomic E-state index is -3.73. The van der Waals surface area contributed by atoms with Gasteiger partial charge in [-0.1, -0.05) is 48.5 Å². The van der Waals surface area contributed by atoms with E-state index < -0.39 is 27.8 Å². The molecule has 0 spiro atoms. The van der Waals surface area contributed by atoms with Crippen LogP contribution in [-0.4, -0.2) is 41.9 Å². The number of nitrogens with one attached hydrogen (secondary N) is 3. The number of ether oxygens (including phenoxy) is 1. The van der Waals surface area contributed by atoms with E-state index in [0.29, 0.717) is 29.2 Å². The Hall–Kier alpha value is -3.28. The maximum atomic E-state index is 12.7. The van der Waals surface area contributed by atoms with Crippen molar-refractivity contribution in [2.24, 2.45) is 5.73 Å². The molecule has 2 atom stereocenters. The fraction of sp³-hybridized carbons (Fsp3) is 0.269. The second-order valence-corrected chi connectivity index (χ2v) is 10.9. The van der Waals surface area contributed by atoms with E-state index in [9.17, 15) is 13.5 Å². The van der Waals surface area contributed by atoms with Gasteiger partial charge in [0.25, 0.3) is 10.0 Å². The second kappa shape index (κ2) is 10.8. The van der Waals surface area contributed by atoms with Crippen LogP contribution in [0.1, 0.15) is 31.3 Å². The number of aromatic amines is 1. The topological polar surface area (TPSA) is 142 Å². The Morgan fingerprint density at radius 1 is 1.06 bits per heavy atom. The smallest absolute Gasteiger partial charge is 0.261 e. The molecule has 1 aromatic heterocycles. The highest BCUT2D eigenvalue weighted by molar-refractivity contribution is 7.92. The van der Waals surface area contributed by atoms with Crippen LogP contribution in [-0.2, 0) is 21.4 Å². The number of sulfonamides is 1. The predicted molar refractivity (Wildman–Crippen MR) is 140 cm³/mol. The molecule has 0 aliphatic carbocycles. The van der Waals surface area contributed by atoms with Crippen LogP contribution < -0.4 is 15.8 Å². The number of imidazole rings is 1. The minimum absolute atomic E-state index is 0.175. The van der Waals surface area contributed by atoms with Gasteiger partial charge < -0.3 is 20.6 Å². The molecule has 0 aliphatic heterocycles. The molecule has 0 saturated carbocycles.